The van der Waals surface area contributed by atoms with Gasteiger partial charge in [0.25, 0.3) is 0 Å². The molecule has 0 aromatic carbocycles. The van der Waals surface area contributed by atoms with Crippen LogP contribution < -0.4 is 5.73 Å². The molecule has 0 atom stereocenters. The van der Waals surface area contributed by atoms with Gasteiger partial charge < -0.3 is 5.73 Å². The van der Waals surface area contributed by atoms with Crippen LogP contribution in [0.5, 0.6) is 0 Å². The molecule has 2 aliphatic carbocycles. The second-order valence-electron chi connectivity index (χ2n) is 5.54. The zero-order valence-corrected chi connectivity index (χ0v) is 10.2. The maximum atomic E-state index is 6.07. The molecule has 2 N–H and O–H groups in total. The first-order valence-electron chi connectivity index (χ1n) is 6.71. The van der Waals surface area contributed by atoms with E-state index in [0.717, 1.165) is 12.6 Å². The van der Waals surface area contributed by atoms with Crippen LogP contribution in [0.15, 0.2) is 0 Å². The third-order valence-electron chi connectivity index (χ3n) is 4.78. The SMILES string of the molecule is CN(C1CCCC1)C1(CN)CCCCC1. The van der Waals surface area contributed by atoms with Gasteiger partial charge in [-0.2, -0.15) is 0 Å². The molecule has 2 rings (SSSR count). The van der Waals surface area contributed by atoms with Gasteiger partial charge in [-0.3, -0.25) is 4.90 Å². The highest BCUT2D eigenvalue weighted by molar-refractivity contribution is 4.96. The van der Waals surface area contributed by atoms with Crippen molar-refractivity contribution in [3.63, 3.8) is 0 Å². The maximum Gasteiger partial charge on any atom is 0.0331 e. The molecule has 0 aromatic rings. The Morgan fingerprint density at radius 1 is 1.07 bits per heavy atom. The molecule has 0 spiro atoms. The van der Waals surface area contributed by atoms with Crippen LogP contribution in [-0.2, 0) is 0 Å². The van der Waals surface area contributed by atoms with E-state index in [0.29, 0.717) is 5.54 Å². The van der Waals surface area contributed by atoms with Gasteiger partial charge in [0.15, 0.2) is 0 Å². The second kappa shape index (κ2) is 4.84. The highest BCUT2D eigenvalue weighted by Crippen LogP contribution is 2.36. The first kappa shape index (κ1) is 11.4. The smallest absolute Gasteiger partial charge is 0.0331 e. The van der Waals surface area contributed by atoms with Crippen molar-refractivity contribution >= 4 is 0 Å². The topological polar surface area (TPSA) is 29.3 Å². The Balaban J connectivity index is 2.02. The van der Waals surface area contributed by atoms with Crippen molar-refractivity contribution in [1.29, 1.82) is 0 Å². The predicted molar refractivity (Wildman–Crippen MR) is 64.9 cm³/mol. The lowest BCUT2D eigenvalue weighted by molar-refractivity contribution is 0.0454. The van der Waals surface area contributed by atoms with Crippen molar-refractivity contribution in [3.8, 4) is 0 Å². The van der Waals surface area contributed by atoms with Crippen LogP contribution in [0.25, 0.3) is 0 Å². The van der Waals surface area contributed by atoms with Crippen molar-refractivity contribution in [2.45, 2.75) is 69.4 Å². The zero-order valence-electron chi connectivity index (χ0n) is 10.2. The zero-order chi connectivity index (χ0) is 10.7. The second-order valence-corrected chi connectivity index (χ2v) is 5.54. The summed E-state index contributed by atoms with van der Waals surface area (Å²) in [6.07, 6.45) is 12.5. The van der Waals surface area contributed by atoms with Crippen LogP contribution in [0.3, 0.4) is 0 Å². The average Bonchev–Trinajstić information content (AvgIpc) is 2.82. The molecule has 0 heterocycles. The first-order chi connectivity index (χ1) is 7.28. The van der Waals surface area contributed by atoms with Crippen molar-refractivity contribution in [1.82, 2.24) is 4.90 Å². The fourth-order valence-electron chi connectivity index (χ4n) is 3.59. The van der Waals surface area contributed by atoms with Crippen molar-refractivity contribution in [2.24, 2.45) is 5.73 Å². The van der Waals surface area contributed by atoms with Crippen LogP contribution in [0.1, 0.15) is 57.8 Å². The van der Waals surface area contributed by atoms with E-state index in [1.165, 1.54) is 57.8 Å². The van der Waals surface area contributed by atoms with E-state index in [1.807, 2.05) is 0 Å². The van der Waals surface area contributed by atoms with E-state index >= 15 is 0 Å². The molecule has 2 fully saturated rings. The first-order valence-corrected chi connectivity index (χ1v) is 6.71. The van der Waals surface area contributed by atoms with Crippen LogP contribution in [0.2, 0.25) is 0 Å². The quantitative estimate of drug-likeness (QED) is 0.775. The van der Waals surface area contributed by atoms with E-state index in [1.54, 1.807) is 0 Å². The predicted octanol–water partition coefficient (Wildman–Crippen LogP) is 2.52. The van der Waals surface area contributed by atoms with Gasteiger partial charge in [0.2, 0.25) is 0 Å². The Labute approximate surface area is 94.2 Å². The number of hydrogen-bond acceptors (Lipinski definition) is 2. The van der Waals surface area contributed by atoms with Gasteiger partial charge in [0.05, 0.1) is 0 Å². The van der Waals surface area contributed by atoms with Crippen molar-refractivity contribution in [2.75, 3.05) is 13.6 Å². The van der Waals surface area contributed by atoms with E-state index in [-0.39, 0.29) is 0 Å². The number of hydrogen-bond donors (Lipinski definition) is 1. The highest BCUT2D eigenvalue weighted by Gasteiger charge is 2.38. The minimum atomic E-state index is 0.354. The van der Waals surface area contributed by atoms with Crippen LogP contribution in [0.4, 0.5) is 0 Å². The van der Waals surface area contributed by atoms with Gasteiger partial charge >= 0.3 is 0 Å². The molecular formula is C13H26N2. The van der Waals surface area contributed by atoms with Gasteiger partial charge in [-0.25, -0.2) is 0 Å². The molecule has 0 aromatic heterocycles. The third kappa shape index (κ3) is 2.21. The summed E-state index contributed by atoms with van der Waals surface area (Å²) in [6.45, 7) is 0.861. The standard InChI is InChI=1S/C13H26N2/c1-15(12-7-3-4-8-12)13(11-14)9-5-2-6-10-13/h12H,2-11,14H2,1H3. The number of rotatable bonds is 3. The Kier molecular flexibility index (Phi) is 3.68. The monoisotopic (exact) mass is 210 g/mol. The Morgan fingerprint density at radius 3 is 2.20 bits per heavy atom. The molecule has 2 heteroatoms. The van der Waals surface area contributed by atoms with E-state index < -0.39 is 0 Å². The molecule has 88 valence electrons. The van der Waals surface area contributed by atoms with Crippen LogP contribution >= 0.6 is 0 Å². The molecule has 0 bridgehead atoms. The summed E-state index contributed by atoms with van der Waals surface area (Å²) in [4.78, 5) is 2.65. The fourth-order valence-corrected chi connectivity index (χ4v) is 3.59. The molecule has 0 unspecified atom stereocenters. The van der Waals surface area contributed by atoms with E-state index in [4.69, 9.17) is 5.73 Å². The van der Waals surface area contributed by atoms with Gasteiger partial charge in [-0.15, -0.1) is 0 Å². The Bertz CT molecular complexity index is 191. The van der Waals surface area contributed by atoms with Crippen molar-refractivity contribution in [3.05, 3.63) is 0 Å². The summed E-state index contributed by atoms with van der Waals surface area (Å²) in [5, 5.41) is 0. The summed E-state index contributed by atoms with van der Waals surface area (Å²) in [6, 6.07) is 0.826. The van der Waals surface area contributed by atoms with E-state index in [9.17, 15) is 0 Å². The van der Waals surface area contributed by atoms with Crippen LogP contribution in [-0.4, -0.2) is 30.1 Å². The van der Waals surface area contributed by atoms with Crippen LogP contribution in [0, 0.1) is 0 Å². The summed E-state index contributed by atoms with van der Waals surface area (Å²) in [5.41, 5.74) is 6.42. The number of nitrogens with zero attached hydrogens (tertiary/aromatic N) is 1. The summed E-state index contributed by atoms with van der Waals surface area (Å²) < 4.78 is 0. The maximum absolute atomic E-state index is 6.07. The lowest BCUT2D eigenvalue weighted by Crippen LogP contribution is -2.56. The Hall–Kier alpha value is -0.0800. The fraction of sp³-hybridized carbons (Fsp3) is 1.00. The molecule has 0 aliphatic heterocycles. The summed E-state index contributed by atoms with van der Waals surface area (Å²) in [5.74, 6) is 0. The molecular weight excluding hydrogens is 184 g/mol. The van der Waals surface area contributed by atoms with Gasteiger partial charge in [0, 0.05) is 18.1 Å². The minimum absolute atomic E-state index is 0.354. The van der Waals surface area contributed by atoms with Gasteiger partial charge in [0.1, 0.15) is 0 Å². The van der Waals surface area contributed by atoms with Gasteiger partial charge in [-0.1, -0.05) is 32.1 Å². The summed E-state index contributed by atoms with van der Waals surface area (Å²) in [7, 11) is 2.33. The number of likely N-dealkylation sites (N-methyl/N-ethyl adjacent to an activating group) is 1. The molecule has 2 nitrogen and oxygen atoms in total. The molecule has 2 aliphatic rings. The largest absolute Gasteiger partial charge is 0.329 e. The highest BCUT2D eigenvalue weighted by atomic mass is 15.2. The number of nitrogens with two attached hydrogens (primary N) is 1. The average molecular weight is 210 g/mol. The Morgan fingerprint density at radius 2 is 1.67 bits per heavy atom. The third-order valence-corrected chi connectivity index (χ3v) is 4.78. The molecule has 2 saturated carbocycles. The summed E-state index contributed by atoms with van der Waals surface area (Å²) >= 11 is 0. The lowest BCUT2D eigenvalue weighted by atomic mass is 9.79. The molecule has 0 amide bonds. The van der Waals surface area contributed by atoms with Gasteiger partial charge in [-0.05, 0) is 32.7 Å². The molecule has 0 radical (unpaired) electrons. The molecule has 15 heavy (non-hydrogen) atoms. The minimum Gasteiger partial charge on any atom is -0.329 e. The lowest BCUT2D eigenvalue weighted by Gasteiger charge is -2.47. The molecule has 0 saturated heterocycles. The van der Waals surface area contributed by atoms with E-state index in [2.05, 4.69) is 11.9 Å². The van der Waals surface area contributed by atoms with Crippen molar-refractivity contribution < 1.29 is 0 Å². The normalized spacial score (nSPS) is 27.4.